The van der Waals surface area contributed by atoms with E-state index < -0.39 is 0 Å². The maximum absolute atomic E-state index is 12.2. The number of benzene rings is 1. The normalized spacial score (nSPS) is 10.4. The summed E-state index contributed by atoms with van der Waals surface area (Å²) in [6.07, 6.45) is 0.124. The SMILES string of the molecule is CCOC(=O)Cc1csc(SCC(=O)Nc2cc(Cl)c(OC)cc2OC)n1. The topological polar surface area (TPSA) is 86.8 Å². The Morgan fingerprint density at radius 3 is 2.67 bits per heavy atom. The fraction of sp³-hybridized carbons (Fsp3) is 0.353. The van der Waals surface area contributed by atoms with Crippen molar-refractivity contribution in [3.63, 3.8) is 0 Å². The zero-order chi connectivity index (χ0) is 19.8. The summed E-state index contributed by atoms with van der Waals surface area (Å²) in [7, 11) is 2.99. The van der Waals surface area contributed by atoms with Crippen LogP contribution in [0.1, 0.15) is 12.6 Å². The standard InChI is InChI=1S/C17H19ClN2O5S2/c1-4-25-16(22)5-10-8-26-17(19-10)27-9-15(21)20-12-6-11(18)13(23-2)7-14(12)24-3/h6-8H,4-5,9H2,1-3H3,(H,20,21). The third kappa shape index (κ3) is 6.30. The molecular weight excluding hydrogens is 412 g/mol. The van der Waals surface area contributed by atoms with Gasteiger partial charge in [0.1, 0.15) is 11.5 Å². The molecular formula is C17H19ClN2O5S2. The number of carbonyl (C=O) groups is 2. The highest BCUT2D eigenvalue weighted by molar-refractivity contribution is 8.01. The molecule has 0 saturated heterocycles. The van der Waals surface area contributed by atoms with Crippen LogP contribution in [0.15, 0.2) is 21.9 Å². The van der Waals surface area contributed by atoms with Crippen LogP contribution < -0.4 is 14.8 Å². The van der Waals surface area contributed by atoms with E-state index in [0.29, 0.717) is 38.8 Å². The summed E-state index contributed by atoms with van der Waals surface area (Å²) in [5.74, 6) is 0.500. The lowest BCUT2D eigenvalue weighted by molar-refractivity contribution is -0.142. The molecule has 0 saturated carbocycles. The molecule has 0 unspecified atom stereocenters. The number of ether oxygens (including phenoxy) is 3. The molecule has 0 atom stereocenters. The number of amides is 1. The molecule has 0 spiro atoms. The lowest BCUT2D eigenvalue weighted by Crippen LogP contribution is -2.14. The summed E-state index contributed by atoms with van der Waals surface area (Å²) < 4.78 is 16.0. The second-order valence-electron chi connectivity index (χ2n) is 5.11. The first-order chi connectivity index (χ1) is 13.0. The first-order valence-electron chi connectivity index (χ1n) is 7.91. The van der Waals surface area contributed by atoms with E-state index in [1.807, 2.05) is 0 Å². The van der Waals surface area contributed by atoms with Crippen molar-refractivity contribution in [1.82, 2.24) is 4.98 Å². The van der Waals surface area contributed by atoms with Crippen molar-refractivity contribution >= 4 is 52.3 Å². The molecule has 27 heavy (non-hydrogen) atoms. The van der Waals surface area contributed by atoms with Gasteiger partial charge in [-0.3, -0.25) is 9.59 Å². The maximum Gasteiger partial charge on any atom is 0.311 e. The highest BCUT2D eigenvalue weighted by Crippen LogP contribution is 2.36. The lowest BCUT2D eigenvalue weighted by atomic mass is 10.2. The Morgan fingerprint density at radius 1 is 1.26 bits per heavy atom. The molecule has 0 bridgehead atoms. The highest BCUT2D eigenvalue weighted by atomic mass is 35.5. The number of thioether (sulfide) groups is 1. The average Bonchev–Trinajstić information content (AvgIpc) is 3.07. The van der Waals surface area contributed by atoms with Gasteiger partial charge in [-0.25, -0.2) is 4.98 Å². The predicted octanol–water partition coefficient (Wildman–Crippen LogP) is 3.65. The van der Waals surface area contributed by atoms with E-state index in [4.69, 9.17) is 25.8 Å². The van der Waals surface area contributed by atoms with Crippen LogP contribution >= 0.6 is 34.7 Å². The smallest absolute Gasteiger partial charge is 0.311 e. The second kappa shape index (κ2) is 10.4. The van der Waals surface area contributed by atoms with Crippen molar-refractivity contribution in [1.29, 1.82) is 0 Å². The van der Waals surface area contributed by atoms with Gasteiger partial charge in [0, 0.05) is 11.4 Å². The van der Waals surface area contributed by atoms with Crippen molar-refractivity contribution in [2.24, 2.45) is 0 Å². The largest absolute Gasteiger partial charge is 0.495 e. The number of aromatic nitrogens is 1. The Hall–Kier alpha value is -1.97. The number of anilines is 1. The van der Waals surface area contributed by atoms with Gasteiger partial charge in [-0.15, -0.1) is 11.3 Å². The Morgan fingerprint density at radius 2 is 2.00 bits per heavy atom. The third-order valence-electron chi connectivity index (χ3n) is 3.24. The molecule has 0 radical (unpaired) electrons. The van der Waals surface area contributed by atoms with Gasteiger partial charge in [-0.1, -0.05) is 23.4 Å². The summed E-state index contributed by atoms with van der Waals surface area (Å²) in [6, 6.07) is 3.18. The number of thiazole rings is 1. The van der Waals surface area contributed by atoms with Crippen LogP contribution in [0.2, 0.25) is 5.02 Å². The third-order valence-corrected chi connectivity index (χ3v) is 5.60. The summed E-state index contributed by atoms with van der Waals surface area (Å²) in [6.45, 7) is 2.09. The van der Waals surface area contributed by atoms with Gasteiger partial charge in [-0.05, 0) is 13.0 Å². The van der Waals surface area contributed by atoms with Crippen molar-refractivity contribution in [2.75, 3.05) is 31.9 Å². The molecule has 1 heterocycles. The van der Waals surface area contributed by atoms with Gasteiger partial charge in [0.25, 0.3) is 0 Å². The molecule has 1 amide bonds. The van der Waals surface area contributed by atoms with Crippen LogP contribution in [0.25, 0.3) is 0 Å². The van der Waals surface area contributed by atoms with Gasteiger partial charge < -0.3 is 19.5 Å². The Bertz CT molecular complexity index is 813. The van der Waals surface area contributed by atoms with E-state index in [1.54, 1.807) is 24.4 Å². The molecule has 7 nitrogen and oxygen atoms in total. The van der Waals surface area contributed by atoms with Crippen LogP contribution in [0.3, 0.4) is 0 Å². The number of nitrogens with one attached hydrogen (secondary N) is 1. The van der Waals surface area contributed by atoms with Gasteiger partial charge in [-0.2, -0.15) is 0 Å². The summed E-state index contributed by atoms with van der Waals surface area (Å²) in [4.78, 5) is 28.0. The van der Waals surface area contributed by atoms with E-state index in [-0.39, 0.29) is 24.1 Å². The number of methoxy groups -OCH3 is 2. The first-order valence-corrected chi connectivity index (χ1v) is 10.1. The molecule has 1 aromatic heterocycles. The molecule has 2 rings (SSSR count). The molecule has 1 aromatic carbocycles. The first kappa shape index (κ1) is 21.3. The quantitative estimate of drug-likeness (QED) is 0.480. The minimum Gasteiger partial charge on any atom is -0.495 e. The molecule has 0 aliphatic heterocycles. The zero-order valence-corrected chi connectivity index (χ0v) is 17.4. The molecule has 1 N–H and O–H groups in total. The fourth-order valence-corrected chi connectivity index (χ4v) is 3.95. The zero-order valence-electron chi connectivity index (χ0n) is 15.0. The van der Waals surface area contributed by atoms with E-state index in [2.05, 4.69) is 10.3 Å². The lowest BCUT2D eigenvalue weighted by Gasteiger charge is -2.12. The Kier molecular flexibility index (Phi) is 8.21. The molecule has 0 aliphatic rings. The van der Waals surface area contributed by atoms with Crippen molar-refractivity contribution in [3.8, 4) is 11.5 Å². The Balaban J connectivity index is 1.92. The van der Waals surface area contributed by atoms with Crippen molar-refractivity contribution in [3.05, 3.63) is 28.2 Å². The Labute approximate surface area is 170 Å². The highest BCUT2D eigenvalue weighted by Gasteiger charge is 2.14. The number of hydrogen-bond acceptors (Lipinski definition) is 8. The van der Waals surface area contributed by atoms with Crippen LogP contribution in [-0.4, -0.2) is 43.4 Å². The van der Waals surface area contributed by atoms with Crippen molar-refractivity contribution in [2.45, 2.75) is 17.7 Å². The molecule has 0 aliphatic carbocycles. The summed E-state index contributed by atoms with van der Waals surface area (Å²) in [5.41, 5.74) is 1.08. The van der Waals surface area contributed by atoms with Crippen molar-refractivity contribution < 1.29 is 23.8 Å². The molecule has 146 valence electrons. The van der Waals surface area contributed by atoms with Crippen LogP contribution in [0.4, 0.5) is 5.69 Å². The molecule has 2 aromatic rings. The van der Waals surface area contributed by atoms with Gasteiger partial charge in [0.15, 0.2) is 4.34 Å². The monoisotopic (exact) mass is 430 g/mol. The van der Waals surface area contributed by atoms with Crippen LogP contribution in [-0.2, 0) is 20.7 Å². The van der Waals surface area contributed by atoms with Crippen LogP contribution in [0.5, 0.6) is 11.5 Å². The van der Waals surface area contributed by atoms with E-state index in [1.165, 1.54) is 37.3 Å². The second-order valence-corrected chi connectivity index (χ2v) is 7.60. The minimum absolute atomic E-state index is 0.124. The van der Waals surface area contributed by atoms with E-state index in [9.17, 15) is 9.59 Å². The summed E-state index contributed by atoms with van der Waals surface area (Å²) >= 11 is 8.75. The van der Waals surface area contributed by atoms with Crippen LogP contribution in [0, 0.1) is 0 Å². The number of halogens is 1. The number of rotatable bonds is 9. The molecule has 0 fully saturated rings. The predicted molar refractivity (Wildman–Crippen MR) is 106 cm³/mol. The van der Waals surface area contributed by atoms with Gasteiger partial charge in [0.05, 0.1) is 49.4 Å². The summed E-state index contributed by atoms with van der Waals surface area (Å²) in [5, 5.41) is 4.90. The molecule has 10 heteroatoms. The minimum atomic E-state index is -0.319. The van der Waals surface area contributed by atoms with Gasteiger partial charge in [0.2, 0.25) is 5.91 Å². The van der Waals surface area contributed by atoms with E-state index >= 15 is 0 Å². The number of esters is 1. The number of nitrogens with zero attached hydrogens (tertiary/aromatic N) is 1. The number of carbonyl (C=O) groups excluding carboxylic acids is 2. The van der Waals surface area contributed by atoms with E-state index in [0.717, 1.165) is 0 Å². The fourth-order valence-electron chi connectivity index (χ4n) is 2.07. The number of hydrogen-bond donors (Lipinski definition) is 1. The van der Waals surface area contributed by atoms with Gasteiger partial charge >= 0.3 is 5.97 Å². The maximum atomic E-state index is 12.2. The average molecular weight is 431 g/mol.